The highest BCUT2D eigenvalue weighted by Crippen LogP contribution is 2.58. The van der Waals surface area contributed by atoms with Crippen LogP contribution in [0.5, 0.6) is 0 Å². The molecule has 1 nitrogen and oxygen atoms in total. The Morgan fingerprint density at radius 2 is 1.95 bits per heavy atom. The van der Waals surface area contributed by atoms with Crippen molar-refractivity contribution in [2.24, 2.45) is 40.9 Å². The molecule has 1 N–H and O–H groups in total. The first kappa shape index (κ1) is 16.1. The van der Waals surface area contributed by atoms with Crippen LogP contribution in [-0.2, 0) is 0 Å². The predicted molar refractivity (Wildman–Crippen MR) is 93.4 cm³/mol. The molecule has 0 aromatic heterocycles. The number of allylic oxidation sites excluding steroid dienone is 4. The largest absolute Gasteiger partial charge is 0.392 e. The molecule has 0 aliphatic heterocycles. The first-order valence-corrected chi connectivity index (χ1v) is 8.95. The summed E-state index contributed by atoms with van der Waals surface area (Å²) in [5.41, 5.74) is 4.24. The molecule has 122 valence electrons. The van der Waals surface area contributed by atoms with E-state index >= 15 is 0 Å². The van der Waals surface area contributed by atoms with Gasteiger partial charge < -0.3 is 5.11 Å². The SMILES string of the molecule is C=C1C(C)=CC2C1CC(CO)=C[C@@H]1C2C(C)CC(C)C1(C)C. The van der Waals surface area contributed by atoms with Crippen molar-refractivity contribution < 1.29 is 5.11 Å². The molecule has 1 saturated carbocycles. The first-order chi connectivity index (χ1) is 10.3. The van der Waals surface area contributed by atoms with Crippen LogP contribution in [-0.4, -0.2) is 11.7 Å². The molecule has 3 aliphatic carbocycles. The third kappa shape index (κ3) is 2.24. The Morgan fingerprint density at radius 3 is 2.59 bits per heavy atom. The molecule has 22 heavy (non-hydrogen) atoms. The highest BCUT2D eigenvalue weighted by atomic mass is 16.3. The van der Waals surface area contributed by atoms with Crippen LogP contribution < -0.4 is 0 Å². The lowest BCUT2D eigenvalue weighted by Crippen LogP contribution is -2.46. The molecule has 6 atom stereocenters. The maximum absolute atomic E-state index is 9.87. The van der Waals surface area contributed by atoms with Crippen LogP contribution in [0.15, 0.2) is 35.5 Å². The summed E-state index contributed by atoms with van der Waals surface area (Å²) in [5, 5.41) is 9.87. The summed E-state index contributed by atoms with van der Waals surface area (Å²) in [6.07, 6.45) is 7.27. The standard InChI is InChI=1S/C21H32O/c1-12-8-18-17(15(12)4)9-16(11-22)10-19-20(18)13(2)7-14(3)21(19,5)6/h8,10,13-14,17-20,22H,4,7,9,11H2,1-3,5-6H3/t13?,14?,17?,18?,19-,20?/m1/s1. The van der Waals surface area contributed by atoms with Gasteiger partial charge >= 0.3 is 0 Å². The molecular weight excluding hydrogens is 268 g/mol. The van der Waals surface area contributed by atoms with E-state index in [2.05, 4.69) is 53.3 Å². The second-order valence-corrected chi connectivity index (χ2v) is 8.78. The van der Waals surface area contributed by atoms with E-state index in [4.69, 9.17) is 0 Å². The van der Waals surface area contributed by atoms with E-state index < -0.39 is 0 Å². The maximum atomic E-state index is 9.87. The van der Waals surface area contributed by atoms with Gasteiger partial charge in [-0.3, -0.25) is 0 Å². The molecule has 0 radical (unpaired) electrons. The minimum absolute atomic E-state index is 0.206. The minimum atomic E-state index is 0.206. The van der Waals surface area contributed by atoms with Gasteiger partial charge in [-0.2, -0.15) is 0 Å². The van der Waals surface area contributed by atoms with E-state index in [-0.39, 0.29) is 6.61 Å². The van der Waals surface area contributed by atoms with Crippen LogP contribution in [0.3, 0.4) is 0 Å². The Hall–Kier alpha value is -0.820. The molecule has 0 spiro atoms. The monoisotopic (exact) mass is 300 g/mol. The molecule has 0 heterocycles. The Morgan fingerprint density at radius 1 is 1.27 bits per heavy atom. The molecule has 0 bridgehead atoms. The summed E-state index contributed by atoms with van der Waals surface area (Å²) < 4.78 is 0. The molecule has 1 heteroatoms. The molecule has 0 aromatic carbocycles. The lowest BCUT2D eigenvalue weighted by molar-refractivity contribution is -0.00955. The Bertz CT molecular complexity index is 536. The smallest absolute Gasteiger partial charge is 0.0642 e. The van der Waals surface area contributed by atoms with Gasteiger partial charge in [0.2, 0.25) is 0 Å². The van der Waals surface area contributed by atoms with Crippen molar-refractivity contribution in [1.82, 2.24) is 0 Å². The summed E-state index contributed by atoms with van der Waals surface area (Å²) in [4.78, 5) is 0. The Kier molecular flexibility index (Phi) is 3.92. The van der Waals surface area contributed by atoms with E-state index in [1.54, 1.807) is 0 Å². The zero-order chi connectivity index (χ0) is 16.2. The van der Waals surface area contributed by atoms with Crippen molar-refractivity contribution in [3.8, 4) is 0 Å². The van der Waals surface area contributed by atoms with Crippen molar-refractivity contribution in [2.45, 2.75) is 47.5 Å². The lowest BCUT2D eigenvalue weighted by Gasteiger charge is -2.52. The summed E-state index contributed by atoms with van der Waals surface area (Å²) in [6, 6.07) is 0. The second kappa shape index (κ2) is 5.37. The summed E-state index contributed by atoms with van der Waals surface area (Å²) in [6.45, 7) is 16.5. The second-order valence-electron chi connectivity index (χ2n) is 8.78. The van der Waals surface area contributed by atoms with Gasteiger partial charge in [-0.05, 0) is 71.8 Å². The number of hydrogen-bond donors (Lipinski definition) is 1. The lowest BCUT2D eigenvalue weighted by atomic mass is 9.52. The first-order valence-electron chi connectivity index (χ1n) is 8.95. The van der Waals surface area contributed by atoms with E-state index in [1.807, 2.05) is 0 Å². The number of aliphatic hydroxyl groups excluding tert-OH is 1. The highest BCUT2D eigenvalue weighted by Gasteiger charge is 2.51. The molecule has 0 aromatic rings. The average Bonchev–Trinajstić information content (AvgIpc) is 2.63. The van der Waals surface area contributed by atoms with E-state index in [0.29, 0.717) is 29.1 Å². The molecule has 3 rings (SSSR count). The predicted octanol–water partition coefficient (Wildman–Crippen LogP) is 4.99. The van der Waals surface area contributed by atoms with Crippen molar-refractivity contribution in [2.75, 3.05) is 6.61 Å². The summed E-state index contributed by atoms with van der Waals surface area (Å²) in [7, 11) is 0. The van der Waals surface area contributed by atoms with Crippen LogP contribution >= 0.6 is 0 Å². The fourth-order valence-corrected chi connectivity index (χ4v) is 5.54. The van der Waals surface area contributed by atoms with Crippen molar-refractivity contribution in [1.29, 1.82) is 0 Å². The quantitative estimate of drug-likeness (QED) is 0.676. The van der Waals surface area contributed by atoms with Gasteiger partial charge in [-0.25, -0.2) is 0 Å². The fraction of sp³-hybridized carbons (Fsp3) is 0.714. The third-order valence-electron chi connectivity index (χ3n) is 7.33. The maximum Gasteiger partial charge on any atom is 0.0642 e. The van der Waals surface area contributed by atoms with Crippen LogP contribution in [0, 0.1) is 40.9 Å². The van der Waals surface area contributed by atoms with Gasteiger partial charge in [-0.1, -0.05) is 52.0 Å². The van der Waals surface area contributed by atoms with Crippen LogP contribution in [0.2, 0.25) is 0 Å². The summed E-state index contributed by atoms with van der Waals surface area (Å²) >= 11 is 0. The number of fused-ring (bicyclic) bond motifs is 3. The molecule has 3 aliphatic rings. The average molecular weight is 300 g/mol. The number of rotatable bonds is 1. The van der Waals surface area contributed by atoms with Gasteiger partial charge in [0.25, 0.3) is 0 Å². The van der Waals surface area contributed by atoms with Crippen molar-refractivity contribution in [3.63, 3.8) is 0 Å². The van der Waals surface area contributed by atoms with E-state index in [1.165, 1.54) is 23.1 Å². The van der Waals surface area contributed by atoms with Crippen LogP contribution in [0.1, 0.15) is 47.5 Å². The van der Waals surface area contributed by atoms with Crippen LogP contribution in [0.25, 0.3) is 0 Å². The normalized spacial score (nSPS) is 43.8. The zero-order valence-electron chi connectivity index (χ0n) is 14.9. The van der Waals surface area contributed by atoms with Crippen molar-refractivity contribution in [3.05, 3.63) is 35.5 Å². The van der Waals surface area contributed by atoms with Crippen LogP contribution in [0.4, 0.5) is 0 Å². The van der Waals surface area contributed by atoms with Gasteiger partial charge in [0.1, 0.15) is 0 Å². The molecular formula is C21H32O. The van der Waals surface area contributed by atoms with E-state index in [0.717, 1.165) is 18.3 Å². The topological polar surface area (TPSA) is 20.2 Å². The highest BCUT2D eigenvalue weighted by molar-refractivity contribution is 5.40. The molecule has 0 saturated heterocycles. The zero-order valence-corrected chi connectivity index (χ0v) is 14.9. The minimum Gasteiger partial charge on any atom is -0.392 e. The summed E-state index contributed by atoms with van der Waals surface area (Å²) in [5.74, 6) is 3.85. The van der Waals surface area contributed by atoms with Gasteiger partial charge in [0.05, 0.1) is 6.61 Å². The third-order valence-corrected chi connectivity index (χ3v) is 7.33. The number of aliphatic hydroxyl groups is 1. The Balaban J connectivity index is 2.09. The molecule has 0 amide bonds. The Labute approximate surface area is 136 Å². The van der Waals surface area contributed by atoms with Gasteiger partial charge in [0.15, 0.2) is 0 Å². The fourth-order valence-electron chi connectivity index (χ4n) is 5.54. The molecule has 5 unspecified atom stereocenters. The van der Waals surface area contributed by atoms with Gasteiger partial charge in [0, 0.05) is 0 Å². The van der Waals surface area contributed by atoms with Crippen molar-refractivity contribution >= 4 is 0 Å². The van der Waals surface area contributed by atoms with Gasteiger partial charge in [-0.15, -0.1) is 0 Å². The number of hydrogen-bond acceptors (Lipinski definition) is 1. The van der Waals surface area contributed by atoms with E-state index in [9.17, 15) is 5.11 Å². The molecule has 1 fully saturated rings.